The Morgan fingerprint density at radius 3 is 2.84 bits per heavy atom. The first-order chi connectivity index (χ1) is 9.03. The lowest BCUT2D eigenvalue weighted by Crippen LogP contribution is -2.46. The first-order valence-electron chi connectivity index (χ1n) is 6.40. The Labute approximate surface area is 119 Å². The van der Waals surface area contributed by atoms with Crippen LogP contribution in [0.5, 0.6) is 0 Å². The summed E-state index contributed by atoms with van der Waals surface area (Å²) in [5.74, 6) is -1.13. The van der Waals surface area contributed by atoms with E-state index in [4.69, 9.17) is 0 Å². The number of hydrogen-bond donors (Lipinski definition) is 2. The van der Waals surface area contributed by atoms with Crippen LogP contribution in [-0.4, -0.2) is 16.8 Å². The highest BCUT2D eigenvalue weighted by Gasteiger charge is 2.53. The van der Waals surface area contributed by atoms with E-state index < -0.39 is 17.4 Å². The van der Waals surface area contributed by atoms with Crippen molar-refractivity contribution < 1.29 is 14.7 Å². The quantitative estimate of drug-likeness (QED) is 0.833. The van der Waals surface area contributed by atoms with Crippen LogP contribution in [0.4, 0.5) is 5.69 Å². The fraction of sp³-hybridized carbons (Fsp3) is 0.429. The van der Waals surface area contributed by atoms with Gasteiger partial charge in [-0.2, -0.15) is 0 Å². The highest BCUT2D eigenvalue weighted by Crippen LogP contribution is 2.45. The minimum Gasteiger partial charge on any atom is -0.375 e. The molecule has 2 unspecified atom stereocenters. The topological polar surface area (TPSA) is 66.4 Å². The molecule has 1 aromatic rings. The van der Waals surface area contributed by atoms with Crippen LogP contribution in [0.2, 0.25) is 0 Å². The summed E-state index contributed by atoms with van der Waals surface area (Å²) >= 11 is 3.34. The number of aliphatic hydroxyl groups is 1. The molecule has 2 N–H and O–H groups in total. The highest BCUT2D eigenvalue weighted by molar-refractivity contribution is 9.10. The maximum atomic E-state index is 12.2. The molecular weight excluding hydrogens is 310 g/mol. The molecule has 4 nitrogen and oxygen atoms in total. The zero-order valence-corrected chi connectivity index (χ0v) is 11.9. The fourth-order valence-corrected chi connectivity index (χ4v) is 3.41. The summed E-state index contributed by atoms with van der Waals surface area (Å²) in [4.78, 5) is 24.3. The van der Waals surface area contributed by atoms with Crippen molar-refractivity contribution in [2.75, 3.05) is 5.32 Å². The molecule has 1 aliphatic carbocycles. The van der Waals surface area contributed by atoms with E-state index in [0.717, 1.165) is 17.3 Å². The number of rotatable bonds is 1. The van der Waals surface area contributed by atoms with Crippen LogP contribution in [0.15, 0.2) is 22.7 Å². The van der Waals surface area contributed by atoms with Crippen molar-refractivity contribution in [3.8, 4) is 0 Å². The number of hydrogen-bond acceptors (Lipinski definition) is 3. The smallest absolute Gasteiger partial charge is 0.261 e. The minimum atomic E-state index is -1.71. The Hall–Kier alpha value is -1.20. The van der Waals surface area contributed by atoms with Gasteiger partial charge in [0.15, 0.2) is 5.60 Å². The lowest BCUT2D eigenvalue weighted by atomic mass is 9.73. The molecule has 1 aromatic carbocycles. The van der Waals surface area contributed by atoms with Gasteiger partial charge in [0.1, 0.15) is 5.78 Å². The van der Waals surface area contributed by atoms with Crippen LogP contribution < -0.4 is 5.32 Å². The van der Waals surface area contributed by atoms with Gasteiger partial charge in [-0.25, -0.2) is 0 Å². The third-order valence-corrected chi connectivity index (χ3v) is 4.54. The molecule has 100 valence electrons. The van der Waals surface area contributed by atoms with Gasteiger partial charge in [0, 0.05) is 22.1 Å². The number of Topliss-reactive ketones (excluding diaryl/α,β-unsaturated/α-hetero) is 1. The number of amides is 1. The van der Waals surface area contributed by atoms with Crippen molar-refractivity contribution in [2.24, 2.45) is 5.92 Å². The van der Waals surface area contributed by atoms with Gasteiger partial charge >= 0.3 is 0 Å². The van der Waals surface area contributed by atoms with Gasteiger partial charge < -0.3 is 10.4 Å². The number of halogens is 1. The maximum Gasteiger partial charge on any atom is 0.261 e. The summed E-state index contributed by atoms with van der Waals surface area (Å²) in [5, 5.41) is 13.5. The molecule has 1 aliphatic heterocycles. The van der Waals surface area contributed by atoms with Gasteiger partial charge in [-0.1, -0.05) is 22.4 Å². The van der Waals surface area contributed by atoms with E-state index in [0.29, 0.717) is 24.1 Å². The van der Waals surface area contributed by atoms with Crippen molar-refractivity contribution >= 4 is 33.3 Å². The number of nitrogens with one attached hydrogen (secondary N) is 1. The third kappa shape index (κ3) is 1.83. The largest absolute Gasteiger partial charge is 0.375 e. The van der Waals surface area contributed by atoms with Gasteiger partial charge in [0.25, 0.3) is 5.91 Å². The molecule has 0 radical (unpaired) electrons. The average Bonchev–Trinajstić information content (AvgIpc) is 2.64. The first-order valence-corrected chi connectivity index (χ1v) is 7.19. The van der Waals surface area contributed by atoms with Crippen LogP contribution in [0, 0.1) is 5.92 Å². The Morgan fingerprint density at radius 1 is 1.32 bits per heavy atom. The van der Waals surface area contributed by atoms with E-state index in [1.165, 1.54) is 0 Å². The van der Waals surface area contributed by atoms with Gasteiger partial charge in [-0.3, -0.25) is 9.59 Å². The van der Waals surface area contributed by atoms with Crippen LogP contribution in [0.1, 0.15) is 31.2 Å². The Kier molecular flexibility index (Phi) is 2.98. The highest BCUT2D eigenvalue weighted by atomic mass is 79.9. The van der Waals surface area contributed by atoms with E-state index in [2.05, 4.69) is 21.2 Å². The zero-order valence-electron chi connectivity index (χ0n) is 10.3. The van der Waals surface area contributed by atoms with E-state index in [-0.39, 0.29) is 5.78 Å². The van der Waals surface area contributed by atoms with Gasteiger partial charge in [-0.15, -0.1) is 0 Å². The summed E-state index contributed by atoms with van der Waals surface area (Å²) in [6.07, 6.45) is 2.73. The van der Waals surface area contributed by atoms with Crippen LogP contribution >= 0.6 is 15.9 Å². The molecule has 0 bridgehead atoms. The molecule has 1 amide bonds. The fourth-order valence-electron chi connectivity index (χ4n) is 3.05. The third-order valence-electron chi connectivity index (χ3n) is 4.05. The molecule has 5 heteroatoms. The van der Waals surface area contributed by atoms with E-state index in [9.17, 15) is 14.7 Å². The van der Waals surface area contributed by atoms with Crippen molar-refractivity contribution in [1.82, 2.24) is 0 Å². The summed E-state index contributed by atoms with van der Waals surface area (Å²) in [5.41, 5.74) is -0.613. The zero-order chi connectivity index (χ0) is 13.6. The van der Waals surface area contributed by atoms with E-state index in [1.807, 2.05) is 0 Å². The summed E-state index contributed by atoms with van der Waals surface area (Å²) in [7, 11) is 0. The molecule has 3 rings (SSSR count). The lowest BCUT2D eigenvalue weighted by Gasteiger charge is -2.32. The SMILES string of the molecule is O=C1CCCCC1C1(O)C(=O)Nc2ccc(Br)cc21. The van der Waals surface area contributed by atoms with Crippen LogP contribution in [-0.2, 0) is 15.2 Å². The normalized spacial score (nSPS) is 30.1. The summed E-state index contributed by atoms with van der Waals surface area (Å²) in [6, 6.07) is 5.26. The molecule has 0 aromatic heterocycles. The number of carbonyl (C=O) groups is 2. The Bertz CT molecular complexity index is 572. The van der Waals surface area contributed by atoms with Gasteiger partial charge in [0.05, 0.1) is 5.92 Å². The molecule has 0 spiro atoms. The van der Waals surface area contributed by atoms with Crippen LogP contribution in [0.3, 0.4) is 0 Å². The maximum absolute atomic E-state index is 12.2. The standard InChI is InChI=1S/C14H14BrNO3/c15-8-5-6-11-10(7-8)14(19,13(18)16-11)9-3-1-2-4-12(9)17/h5-7,9,19H,1-4H2,(H,16,18). The lowest BCUT2D eigenvalue weighted by molar-refractivity contribution is -0.150. The minimum absolute atomic E-state index is 0.0169. The predicted molar refractivity (Wildman–Crippen MR) is 73.6 cm³/mol. The van der Waals surface area contributed by atoms with Crippen molar-refractivity contribution in [1.29, 1.82) is 0 Å². The first kappa shape index (κ1) is 12.8. The molecule has 1 fully saturated rings. The molecule has 2 aliphatic rings. The Balaban J connectivity index is 2.10. The van der Waals surface area contributed by atoms with Crippen LogP contribution in [0.25, 0.3) is 0 Å². The molecule has 19 heavy (non-hydrogen) atoms. The number of fused-ring (bicyclic) bond motifs is 1. The second-order valence-corrected chi connectivity index (χ2v) is 6.09. The molecule has 1 heterocycles. The van der Waals surface area contributed by atoms with Crippen molar-refractivity contribution in [3.63, 3.8) is 0 Å². The molecular formula is C14H14BrNO3. The number of anilines is 1. The summed E-state index contributed by atoms with van der Waals surface area (Å²) in [6.45, 7) is 0. The van der Waals surface area contributed by atoms with Crippen molar-refractivity contribution in [3.05, 3.63) is 28.2 Å². The number of carbonyl (C=O) groups excluding carboxylic acids is 2. The second-order valence-electron chi connectivity index (χ2n) is 5.18. The van der Waals surface area contributed by atoms with E-state index >= 15 is 0 Å². The van der Waals surface area contributed by atoms with Gasteiger partial charge in [0.2, 0.25) is 0 Å². The Morgan fingerprint density at radius 2 is 2.11 bits per heavy atom. The van der Waals surface area contributed by atoms with Gasteiger partial charge in [-0.05, 0) is 31.0 Å². The predicted octanol–water partition coefficient (Wildman–Crippen LogP) is 2.35. The summed E-state index contributed by atoms with van der Waals surface area (Å²) < 4.78 is 0.782. The average molecular weight is 324 g/mol. The van der Waals surface area contributed by atoms with Crippen molar-refractivity contribution in [2.45, 2.75) is 31.3 Å². The second kappa shape index (κ2) is 4.42. The monoisotopic (exact) mass is 323 g/mol. The van der Waals surface area contributed by atoms with E-state index in [1.54, 1.807) is 18.2 Å². The number of ketones is 1. The molecule has 0 saturated heterocycles. The molecule has 2 atom stereocenters. The number of benzene rings is 1. The molecule has 1 saturated carbocycles.